The van der Waals surface area contributed by atoms with E-state index in [9.17, 15) is 19.7 Å². The average molecular weight is 337 g/mol. The Morgan fingerprint density at radius 1 is 1.16 bits per heavy atom. The Balaban J connectivity index is 1.74. The third-order valence-corrected chi connectivity index (χ3v) is 3.42. The summed E-state index contributed by atoms with van der Waals surface area (Å²) in [6.07, 6.45) is 2.44. The zero-order valence-corrected chi connectivity index (χ0v) is 12.7. The standard InChI is InChI=1S/C17H11N3O5/c21-16-12(10-25-15-4-2-1-3-14(15)16)9-18-19-17(22)11-5-7-13(8-6-11)20(23)24/h1-10H,(H,19,22)/b18-9-. The van der Waals surface area contributed by atoms with Crippen molar-refractivity contribution in [3.63, 3.8) is 0 Å². The van der Waals surface area contributed by atoms with Gasteiger partial charge in [-0.2, -0.15) is 5.10 Å². The molecule has 0 aliphatic heterocycles. The summed E-state index contributed by atoms with van der Waals surface area (Å²) in [6, 6.07) is 11.8. The van der Waals surface area contributed by atoms with Gasteiger partial charge in [0.15, 0.2) is 0 Å². The van der Waals surface area contributed by atoms with Crippen LogP contribution in [0, 0.1) is 10.1 Å². The van der Waals surface area contributed by atoms with E-state index in [2.05, 4.69) is 10.5 Å². The number of nitro benzene ring substituents is 1. The first-order chi connectivity index (χ1) is 12.1. The van der Waals surface area contributed by atoms with Crippen molar-refractivity contribution in [3.05, 3.63) is 86.3 Å². The van der Waals surface area contributed by atoms with Gasteiger partial charge in [0.25, 0.3) is 11.6 Å². The van der Waals surface area contributed by atoms with Gasteiger partial charge in [-0.15, -0.1) is 0 Å². The Bertz CT molecular complexity index is 1040. The molecule has 3 aromatic rings. The number of hydrogen-bond donors (Lipinski definition) is 1. The number of rotatable bonds is 4. The molecule has 124 valence electrons. The van der Waals surface area contributed by atoms with Gasteiger partial charge in [-0.05, 0) is 24.3 Å². The number of fused-ring (bicyclic) bond motifs is 1. The lowest BCUT2D eigenvalue weighted by molar-refractivity contribution is -0.384. The molecule has 2 aromatic carbocycles. The van der Waals surface area contributed by atoms with E-state index in [4.69, 9.17) is 4.42 Å². The SMILES string of the molecule is O=C(N/N=C\c1coc2ccccc2c1=O)c1ccc([N+](=O)[O-])cc1. The highest BCUT2D eigenvalue weighted by Crippen LogP contribution is 2.12. The molecule has 25 heavy (non-hydrogen) atoms. The van der Waals surface area contributed by atoms with Crippen LogP contribution in [0.3, 0.4) is 0 Å². The van der Waals surface area contributed by atoms with E-state index in [-0.39, 0.29) is 22.2 Å². The summed E-state index contributed by atoms with van der Waals surface area (Å²) in [5, 5.41) is 14.7. The Hall–Kier alpha value is -3.81. The smallest absolute Gasteiger partial charge is 0.271 e. The number of benzene rings is 2. The number of carbonyl (C=O) groups excluding carboxylic acids is 1. The predicted octanol–water partition coefficient (Wildman–Crippen LogP) is 2.47. The summed E-state index contributed by atoms with van der Waals surface area (Å²) >= 11 is 0. The van der Waals surface area contributed by atoms with Gasteiger partial charge in [-0.1, -0.05) is 12.1 Å². The number of hydrogen-bond acceptors (Lipinski definition) is 6. The summed E-state index contributed by atoms with van der Waals surface area (Å²) in [7, 11) is 0. The Labute approximate surface area is 140 Å². The number of nitrogens with one attached hydrogen (secondary N) is 1. The van der Waals surface area contributed by atoms with Crippen LogP contribution >= 0.6 is 0 Å². The van der Waals surface area contributed by atoms with E-state index >= 15 is 0 Å². The number of hydrazone groups is 1. The summed E-state index contributed by atoms with van der Waals surface area (Å²) in [6.45, 7) is 0. The maximum atomic E-state index is 12.2. The molecule has 8 heteroatoms. The van der Waals surface area contributed by atoms with Gasteiger partial charge in [0, 0.05) is 17.7 Å². The molecule has 3 rings (SSSR count). The van der Waals surface area contributed by atoms with Gasteiger partial charge in [-0.25, -0.2) is 5.43 Å². The first kappa shape index (κ1) is 16.1. The van der Waals surface area contributed by atoms with Gasteiger partial charge in [0.05, 0.1) is 22.1 Å². The van der Waals surface area contributed by atoms with Gasteiger partial charge in [-0.3, -0.25) is 19.7 Å². The van der Waals surface area contributed by atoms with Crippen molar-refractivity contribution in [2.75, 3.05) is 0 Å². The largest absolute Gasteiger partial charge is 0.463 e. The second-order valence-corrected chi connectivity index (χ2v) is 5.02. The molecule has 0 aliphatic rings. The van der Waals surface area contributed by atoms with Crippen LogP contribution in [-0.2, 0) is 0 Å². The van der Waals surface area contributed by atoms with Crippen molar-refractivity contribution < 1.29 is 14.1 Å². The highest BCUT2D eigenvalue weighted by Gasteiger charge is 2.09. The monoisotopic (exact) mass is 337 g/mol. The summed E-state index contributed by atoms with van der Waals surface area (Å²) < 4.78 is 5.33. The molecule has 8 nitrogen and oxygen atoms in total. The van der Waals surface area contributed by atoms with Crippen LogP contribution in [0.15, 0.2) is 69.1 Å². The minimum Gasteiger partial charge on any atom is -0.463 e. The van der Waals surface area contributed by atoms with E-state index in [0.29, 0.717) is 11.0 Å². The summed E-state index contributed by atoms with van der Waals surface area (Å²) in [4.78, 5) is 34.2. The fourth-order valence-electron chi connectivity index (χ4n) is 2.14. The fraction of sp³-hybridized carbons (Fsp3) is 0. The molecule has 0 saturated heterocycles. The minimum absolute atomic E-state index is 0.117. The van der Waals surface area contributed by atoms with Crippen molar-refractivity contribution in [2.24, 2.45) is 5.10 Å². The van der Waals surface area contributed by atoms with E-state index in [0.717, 1.165) is 0 Å². The second kappa shape index (κ2) is 6.75. The molecule has 0 saturated carbocycles. The van der Waals surface area contributed by atoms with Crippen LogP contribution in [0.5, 0.6) is 0 Å². The molecule has 1 aromatic heterocycles. The van der Waals surface area contributed by atoms with Crippen molar-refractivity contribution >= 4 is 28.8 Å². The van der Waals surface area contributed by atoms with Crippen molar-refractivity contribution in [1.82, 2.24) is 5.43 Å². The normalized spacial score (nSPS) is 10.9. The van der Waals surface area contributed by atoms with Crippen molar-refractivity contribution in [1.29, 1.82) is 0 Å². The molecule has 0 aliphatic carbocycles. The van der Waals surface area contributed by atoms with Gasteiger partial charge >= 0.3 is 0 Å². The van der Waals surface area contributed by atoms with Crippen LogP contribution in [-0.4, -0.2) is 17.0 Å². The van der Waals surface area contributed by atoms with Crippen LogP contribution in [0.2, 0.25) is 0 Å². The predicted molar refractivity (Wildman–Crippen MR) is 90.6 cm³/mol. The van der Waals surface area contributed by atoms with Crippen LogP contribution < -0.4 is 10.9 Å². The molecule has 1 heterocycles. The third kappa shape index (κ3) is 3.42. The molecule has 0 atom stereocenters. The molecule has 0 bridgehead atoms. The maximum absolute atomic E-state index is 12.2. The summed E-state index contributed by atoms with van der Waals surface area (Å²) in [5.41, 5.74) is 2.71. The Morgan fingerprint density at radius 3 is 2.60 bits per heavy atom. The molecular formula is C17H11N3O5. The Morgan fingerprint density at radius 2 is 1.88 bits per heavy atom. The zero-order chi connectivity index (χ0) is 17.8. The highest BCUT2D eigenvalue weighted by atomic mass is 16.6. The first-order valence-electron chi connectivity index (χ1n) is 7.14. The van der Waals surface area contributed by atoms with E-state index in [1.165, 1.54) is 36.7 Å². The lowest BCUT2D eigenvalue weighted by Gasteiger charge is -2.00. The van der Waals surface area contributed by atoms with E-state index in [1.807, 2.05) is 0 Å². The van der Waals surface area contributed by atoms with Gasteiger partial charge in [0.2, 0.25) is 5.43 Å². The number of amides is 1. The van der Waals surface area contributed by atoms with Gasteiger partial charge < -0.3 is 4.42 Å². The number of non-ortho nitro benzene ring substituents is 1. The molecule has 1 N–H and O–H groups in total. The number of para-hydroxylation sites is 1. The van der Waals surface area contributed by atoms with E-state index in [1.54, 1.807) is 24.3 Å². The minimum atomic E-state index is -0.559. The Kier molecular flexibility index (Phi) is 4.34. The third-order valence-electron chi connectivity index (χ3n) is 3.42. The van der Waals surface area contributed by atoms with Crippen LogP contribution in [0.1, 0.15) is 15.9 Å². The quantitative estimate of drug-likeness (QED) is 0.446. The zero-order valence-electron chi connectivity index (χ0n) is 12.7. The second-order valence-electron chi connectivity index (χ2n) is 5.02. The molecule has 0 radical (unpaired) electrons. The average Bonchev–Trinajstić information content (AvgIpc) is 2.64. The fourth-order valence-corrected chi connectivity index (χ4v) is 2.14. The van der Waals surface area contributed by atoms with Gasteiger partial charge in [0.1, 0.15) is 11.8 Å². The molecule has 0 spiro atoms. The van der Waals surface area contributed by atoms with Crippen LogP contribution in [0.25, 0.3) is 11.0 Å². The topological polar surface area (TPSA) is 115 Å². The molecule has 1 amide bonds. The van der Waals surface area contributed by atoms with Crippen molar-refractivity contribution in [3.8, 4) is 0 Å². The lowest BCUT2D eigenvalue weighted by Crippen LogP contribution is -2.18. The van der Waals surface area contributed by atoms with Crippen LogP contribution in [0.4, 0.5) is 5.69 Å². The summed E-state index contributed by atoms with van der Waals surface area (Å²) in [5.74, 6) is -0.559. The van der Waals surface area contributed by atoms with Crippen molar-refractivity contribution in [2.45, 2.75) is 0 Å². The number of nitrogens with zero attached hydrogens (tertiary/aromatic N) is 2. The number of carbonyl (C=O) groups is 1. The molecule has 0 unspecified atom stereocenters. The first-order valence-corrected chi connectivity index (χ1v) is 7.14. The maximum Gasteiger partial charge on any atom is 0.271 e. The molecule has 0 fully saturated rings. The number of nitro groups is 1. The highest BCUT2D eigenvalue weighted by molar-refractivity contribution is 5.95. The lowest BCUT2D eigenvalue weighted by atomic mass is 10.2. The molecular weight excluding hydrogens is 326 g/mol. The van der Waals surface area contributed by atoms with E-state index < -0.39 is 10.8 Å².